The fourth-order valence-electron chi connectivity index (χ4n) is 1.13. The molecule has 1 aliphatic rings. The molecule has 2 N–H and O–H groups in total. The molecule has 0 saturated carbocycles. The molecule has 0 spiro atoms. The Hall–Kier alpha value is -0.640. The monoisotopic (exact) mass is 156 g/mol. The van der Waals surface area contributed by atoms with Gasteiger partial charge in [-0.1, -0.05) is 0 Å². The van der Waals surface area contributed by atoms with Crippen molar-refractivity contribution >= 4 is 11.8 Å². The highest BCUT2D eigenvalue weighted by atomic mass is 32.2. The lowest BCUT2D eigenvalue weighted by atomic mass is 10.2. The van der Waals surface area contributed by atoms with Crippen LogP contribution < -0.4 is 5.56 Å². The highest BCUT2D eigenvalue weighted by Crippen LogP contribution is 2.19. The lowest BCUT2D eigenvalue weighted by Crippen LogP contribution is -2.09. The molecular formula is C6H8N2OS. The maximum absolute atomic E-state index is 11.0. The first-order chi connectivity index (χ1) is 4.88. The van der Waals surface area contributed by atoms with E-state index in [-0.39, 0.29) is 5.56 Å². The summed E-state index contributed by atoms with van der Waals surface area (Å²) in [6.45, 7) is 0. The number of fused-ring (bicyclic) bond motifs is 1. The smallest absolute Gasteiger partial charge is 0.268 e. The van der Waals surface area contributed by atoms with Crippen LogP contribution in [0.25, 0.3) is 0 Å². The molecule has 0 fully saturated rings. The normalized spacial score (nSPS) is 16.8. The zero-order chi connectivity index (χ0) is 6.97. The molecule has 3 nitrogen and oxygen atoms in total. The average molecular weight is 156 g/mol. The standard InChI is InChI=1S/C6H8N2OS/c9-6-4-3-10-2-1-5(4)7-8-6/h1-3H2,(H2,7,8,9). The number of H-pyrrole nitrogens is 2. The molecule has 1 aromatic rings. The van der Waals surface area contributed by atoms with Crippen molar-refractivity contribution in [1.29, 1.82) is 0 Å². The maximum atomic E-state index is 11.0. The van der Waals surface area contributed by atoms with E-state index in [1.807, 2.05) is 11.8 Å². The number of thioether (sulfide) groups is 1. The number of hydrogen-bond acceptors (Lipinski definition) is 2. The summed E-state index contributed by atoms with van der Waals surface area (Å²) in [4.78, 5) is 11.0. The Balaban J connectivity index is 2.55. The Morgan fingerprint density at radius 2 is 2.30 bits per heavy atom. The van der Waals surface area contributed by atoms with Crippen LogP contribution in [0.2, 0.25) is 0 Å². The zero-order valence-electron chi connectivity index (χ0n) is 5.44. The van der Waals surface area contributed by atoms with Crippen molar-refractivity contribution in [1.82, 2.24) is 10.2 Å². The molecule has 0 bridgehead atoms. The second kappa shape index (κ2) is 2.20. The number of aryl methyl sites for hydroxylation is 1. The van der Waals surface area contributed by atoms with Gasteiger partial charge < -0.3 is 5.10 Å². The van der Waals surface area contributed by atoms with E-state index in [1.165, 1.54) is 0 Å². The van der Waals surface area contributed by atoms with Gasteiger partial charge in [-0.15, -0.1) is 0 Å². The fraction of sp³-hybridized carbons (Fsp3) is 0.500. The van der Waals surface area contributed by atoms with Crippen LogP contribution in [0.3, 0.4) is 0 Å². The fourth-order valence-corrected chi connectivity index (χ4v) is 2.14. The Morgan fingerprint density at radius 1 is 1.40 bits per heavy atom. The third-order valence-electron chi connectivity index (χ3n) is 1.71. The molecule has 0 unspecified atom stereocenters. The van der Waals surface area contributed by atoms with Gasteiger partial charge in [0.25, 0.3) is 5.56 Å². The van der Waals surface area contributed by atoms with E-state index in [2.05, 4.69) is 10.2 Å². The van der Waals surface area contributed by atoms with Gasteiger partial charge in [0.15, 0.2) is 0 Å². The summed E-state index contributed by atoms with van der Waals surface area (Å²) in [5, 5.41) is 5.46. The largest absolute Gasteiger partial charge is 0.302 e. The van der Waals surface area contributed by atoms with Crippen molar-refractivity contribution in [3.05, 3.63) is 21.6 Å². The Kier molecular flexibility index (Phi) is 1.34. The number of aromatic amines is 2. The highest BCUT2D eigenvalue weighted by molar-refractivity contribution is 7.98. The SMILES string of the molecule is O=c1[nH][nH]c2c1CSCC2. The van der Waals surface area contributed by atoms with Gasteiger partial charge in [-0.05, 0) is 12.2 Å². The van der Waals surface area contributed by atoms with Gasteiger partial charge in [0.2, 0.25) is 0 Å². The number of aromatic nitrogens is 2. The quantitative estimate of drug-likeness (QED) is 0.574. The van der Waals surface area contributed by atoms with Crippen LogP contribution in [0.5, 0.6) is 0 Å². The molecule has 0 amide bonds. The predicted molar refractivity (Wildman–Crippen MR) is 41.3 cm³/mol. The lowest BCUT2D eigenvalue weighted by Gasteiger charge is -2.06. The summed E-state index contributed by atoms with van der Waals surface area (Å²) in [5.74, 6) is 2.00. The van der Waals surface area contributed by atoms with Gasteiger partial charge in [0.05, 0.1) is 0 Å². The van der Waals surface area contributed by atoms with Crippen molar-refractivity contribution in [2.45, 2.75) is 12.2 Å². The summed E-state index contributed by atoms with van der Waals surface area (Å²) in [6.07, 6.45) is 0.999. The van der Waals surface area contributed by atoms with Crippen molar-refractivity contribution < 1.29 is 0 Å². The average Bonchev–Trinajstić information content (AvgIpc) is 2.34. The van der Waals surface area contributed by atoms with E-state index in [0.29, 0.717) is 0 Å². The van der Waals surface area contributed by atoms with Gasteiger partial charge in [0, 0.05) is 17.0 Å². The van der Waals surface area contributed by atoms with Crippen molar-refractivity contribution in [3.8, 4) is 0 Å². The van der Waals surface area contributed by atoms with E-state index in [4.69, 9.17) is 0 Å². The molecule has 0 radical (unpaired) electrons. The number of rotatable bonds is 0. The van der Waals surface area contributed by atoms with Crippen molar-refractivity contribution in [2.75, 3.05) is 5.75 Å². The minimum atomic E-state index is 0.0576. The predicted octanol–water partition coefficient (Wildman–Crippen LogP) is 0.492. The Morgan fingerprint density at radius 3 is 3.10 bits per heavy atom. The molecule has 0 aliphatic carbocycles. The van der Waals surface area contributed by atoms with Gasteiger partial charge in [0.1, 0.15) is 0 Å². The van der Waals surface area contributed by atoms with Gasteiger partial charge in [-0.3, -0.25) is 9.89 Å². The summed E-state index contributed by atoms with van der Waals surface area (Å²) in [5.41, 5.74) is 2.10. The Labute approximate surface area is 62.2 Å². The second-order valence-electron chi connectivity index (χ2n) is 2.34. The summed E-state index contributed by atoms with van der Waals surface area (Å²) >= 11 is 1.82. The number of hydrogen-bond donors (Lipinski definition) is 2. The van der Waals surface area contributed by atoms with E-state index in [0.717, 1.165) is 29.2 Å². The molecular weight excluding hydrogens is 148 g/mol. The molecule has 0 atom stereocenters. The molecule has 1 aliphatic heterocycles. The third kappa shape index (κ3) is 0.794. The van der Waals surface area contributed by atoms with Crippen LogP contribution in [0.1, 0.15) is 11.3 Å². The lowest BCUT2D eigenvalue weighted by molar-refractivity contribution is 0.960. The molecule has 4 heteroatoms. The summed E-state index contributed by atoms with van der Waals surface area (Å²) < 4.78 is 0. The van der Waals surface area contributed by atoms with E-state index in [1.54, 1.807) is 0 Å². The molecule has 2 heterocycles. The third-order valence-corrected chi connectivity index (χ3v) is 2.69. The van der Waals surface area contributed by atoms with Crippen LogP contribution in [-0.2, 0) is 12.2 Å². The van der Waals surface area contributed by atoms with Crippen LogP contribution in [0.4, 0.5) is 0 Å². The molecule has 2 rings (SSSR count). The highest BCUT2D eigenvalue weighted by Gasteiger charge is 2.13. The van der Waals surface area contributed by atoms with Gasteiger partial charge >= 0.3 is 0 Å². The van der Waals surface area contributed by atoms with Gasteiger partial charge in [-0.25, -0.2) is 0 Å². The van der Waals surface area contributed by atoms with E-state index >= 15 is 0 Å². The molecule has 54 valence electrons. The maximum Gasteiger partial charge on any atom is 0.268 e. The zero-order valence-corrected chi connectivity index (χ0v) is 6.25. The Bertz CT molecular complexity index is 288. The van der Waals surface area contributed by atoms with Crippen LogP contribution in [0, 0.1) is 0 Å². The van der Waals surface area contributed by atoms with Crippen molar-refractivity contribution in [3.63, 3.8) is 0 Å². The van der Waals surface area contributed by atoms with E-state index in [9.17, 15) is 4.79 Å². The first kappa shape index (κ1) is 6.09. The molecule has 0 saturated heterocycles. The van der Waals surface area contributed by atoms with Crippen molar-refractivity contribution in [2.24, 2.45) is 0 Å². The minimum absolute atomic E-state index is 0.0576. The molecule has 1 aromatic heterocycles. The van der Waals surface area contributed by atoms with Crippen LogP contribution in [-0.4, -0.2) is 16.0 Å². The first-order valence-corrected chi connectivity index (χ1v) is 4.39. The minimum Gasteiger partial charge on any atom is -0.302 e. The second-order valence-corrected chi connectivity index (χ2v) is 3.44. The van der Waals surface area contributed by atoms with Crippen LogP contribution in [0.15, 0.2) is 4.79 Å². The molecule has 0 aromatic carbocycles. The van der Waals surface area contributed by atoms with Crippen LogP contribution >= 0.6 is 11.8 Å². The topological polar surface area (TPSA) is 48.6 Å². The van der Waals surface area contributed by atoms with E-state index < -0.39 is 0 Å². The number of nitrogens with one attached hydrogen (secondary N) is 2. The summed E-state index contributed by atoms with van der Waals surface area (Å²) in [7, 11) is 0. The first-order valence-electron chi connectivity index (χ1n) is 3.24. The summed E-state index contributed by atoms with van der Waals surface area (Å²) in [6, 6.07) is 0. The molecule has 10 heavy (non-hydrogen) atoms. The van der Waals surface area contributed by atoms with Gasteiger partial charge in [-0.2, -0.15) is 11.8 Å².